The van der Waals surface area contributed by atoms with Gasteiger partial charge in [0.15, 0.2) is 0 Å². The van der Waals surface area contributed by atoms with E-state index >= 15 is 0 Å². The molecule has 2 aromatic rings. The lowest BCUT2D eigenvalue weighted by Crippen LogP contribution is -2.34. The number of halogens is 3. The number of alkyl halides is 3. The quantitative estimate of drug-likeness (QED) is 0.400. The Morgan fingerprint density at radius 3 is 2.13 bits per heavy atom. The van der Waals surface area contributed by atoms with Crippen LogP contribution in [0.2, 0.25) is 0 Å². The minimum Gasteiger partial charge on any atom is -0.301 e. The molecule has 1 fully saturated rings. The molecule has 2 atom stereocenters. The molecule has 1 saturated carbocycles. The summed E-state index contributed by atoms with van der Waals surface area (Å²) < 4.78 is 40.3. The van der Waals surface area contributed by atoms with Gasteiger partial charge >= 0.3 is 6.18 Å². The topological polar surface area (TPSA) is 3.24 Å². The zero-order valence-corrected chi connectivity index (χ0v) is 18.9. The molecule has 0 heterocycles. The van der Waals surface area contributed by atoms with Crippen LogP contribution < -0.4 is 0 Å². The van der Waals surface area contributed by atoms with Gasteiger partial charge in [0.25, 0.3) is 0 Å². The van der Waals surface area contributed by atoms with E-state index in [1.807, 2.05) is 30.3 Å². The first kappa shape index (κ1) is 23.8. The van der Waals surface area contributed by atoms with E-state index in [1.165, 1.54) is 11.1 Å². The smallest absolute Gasteiger partial charge is 0.301 e. The largest absolute Gasteiger partial charge is 0.392 e. The Labute approximate surface area is 185 Å². The third-order valence-corrected chi connectivity index (χ3v) is 6.77. The van der Waals surface area contributed by atoms with Crippen LogP contribution in [0.25, 0.3) is 0 Å². The van der Waals surface area contributed by atoms with Crippen LogP contribution in [0, 0.1) is 5.92 Å². The third-order valence-electron chi connectivity index (χ3n) is 6.77. The highest BCUT2D eigenvalue weighted by molar-refractivity contribution is 5.27. The second-order valence-electron chi connectivity index (χ2n) is 9.25. The highest BCUT2D eigenvalue weighted by atomic mass is 19.4. The van der Waals surface area contributed by atoms with E-state index in [-0.39, 0.29) is 12.3 Å². The van der Waals surface area contributed by atoms with Gasteiger partial charge in [0.2, 0.25) is 0 Å². The van der Waals surface area contributed by atoms with Crippen LogP contribution in [0.5, 0.6) is 0 Å². The van der Waals surface area contributed by atoms with E-state index in [0.29, 0.717) is 18.9 Å². The van der Waals surface area contributed by atoms with Gasteiger partial charge < -0.3 is 4.90 Å². The molecule has 2 unspecified atom stereocenters. The number of hydrogen-bond donors (Lipinski definition) is 0. The maximum atomic E-state index is 13.4. The Balaban J connectivity index is 1.51. The van der Waals surface area contributed by atoms with Crippen molar-refractivity contribution in [2.24, 2.45) is 5.92 Å². The summed E-state index contributed by atoms with van der Waals surface area (Å²) in [7, 11) is 0. The molecule has 0 N–H and O–H groups in total. The van der Waals surface area contributed by atoms with Crippen LogP contribution in [-0.2, 0) is 12.8 Å². The summed E-state index contributed by atoms with van der Waals surface area (Å²) in [5, 5.41) is 0. The van der Waals surface area contributed by atoms with Crippen molar-refractivity contribution in [3.63, 3.8) is 0 Å². The summed E-state index contributed by atoms with van der Waals surface area (Å²) in [6.45, 7) is 6.55. The number of rotatable bonds is 9. The molecule has 3 rings (SSSR count). The van der Waals surface area contributed by atoms with Gasteiger partial charge in [0.1, 0.15) is 0 Å². The Hall–Kier alpha value is -1.81. The normalized spacial score (nSPS) is 19.8. The Kier molecular flexibility index (Phi) is 8.59. The minimum atomic E-state index is -4.09. The van der Waals surface area contributed by atoms with Gasteiger partial charge in [-0.15, -0.1) is 0 Å². The molecule has 0 bridgehead atoms. The number of hydrogen-bond acceptors (Lipinski definition) is 1. The molecule has 170 valence electrons. The zero-order chi connectivity index (χ0) is 22.3. The van der Waals surface area contributed by atoms with Crippen LogP contribution >= 0.6 is 0 Å². The second kappa shape index (κ2) is 11.2. The van der Waals surface area contributed by atoms with E-state index in [4.69, 9.17) is 0 Å². The summed E-state index contributed by atoms with van der Waals surface area (Å²) in [4.78, 5) is 2.51. The van der Waals surface area contributed by atoms with Gasteiger partial charge in [-0.25, -0.2) is 0 Å². The molecule has 2 aromatic carbocycles. The fourth-order valence-electron chi connectivity index (χ4n) is 4.88. The van der Waals surface area contributed by atoms with Crippen molar-refractivity contribution in [2.75, 3.05) is 13.1 Å². The summed E-state index contributed by atoms with van der Waals surface area (Å²) in [6.07, 6.45) is 1.48. The van der Waals surface area contributed by atoms with Crippen LogP contribution in [0.4, 0.5) is 13.2 Å². The first-order valence-corrected chi connectivity index (χ1v) is 11.8. The lowest BCUT2D eigenvalue weighted by Gasteiger charge is -2.33. The molecule has 0 amide bonds. The van der Waals surface area contributed by atoms with Crippen molar-refractivity contribution in [1.29, 1.82) is 0 Å². The SMILES string of the molecule is CC(C)N(CCCc1ccc(C2CCCCC2C(F)(F)F)cc1)CCc1ccccc1. The van der Waals surface area contributed by atoms with Crippen molar-refractivity contribution in [3.8, 4) is 0 Å². The highest BCUT2D eigenvalue weighted by Crippen LogP contribution is 2.46. The molecule has 1 aliphatic carbocycles. The van der Waals surface area contributed by atoms with Crippen molar-refractivity contribution in [2.45, 2.75) is 76.9 Å². The minimum absolute atomic E-state index is 0.268. The van der Waals surface area contributed by atoms with Crippen LogP contribution in [0.3, 0.4) is 0 Å². The van der Waals surface area contributed by atoms with Gasteiger partial charge in [-0.3, -0.25) is 0 Å². The monoisotopic (exact) mass is 431 g/mol. The Morgan fingerprint density at radius 2 is 1.48 bits per heavy atom. The average Bonchev–Trinajstić information content (AvgIpc) is 2.76. The van der Waals surface area contributed by atoms with E-state index in [9.17, 15) is 13.2 Å². The van der Waals surface area contributed by atoms with Gasteiger partial charge in [-0.2, -0.15) is 13.2 Å². The van der Waals surface area contributed by atoms with E-state index < -0.39 is 12.1 Å². The van der Waals surface area contributed by atoms with Gasteiger partial charge in [0, 0.05) is 12.6 Å². The van der Waals surface area contributed by atoms with E-state index in [2.05, 4.69) is 43.0 Å². The fraction of sp³-hybridized carbons (Fsp3) is 0.556. The number of benzene rings is 2. The predicted molar refractivity (Wildman–Crippen MR) is 122 cm³/mol. The number of aryl methyl sites for hydroxylation is 1. The maximum Gasteiger partial charge on any atom is 0.392 e. The standard InChI is InChI=1S/C27H36F3N/c1-21(2)31(20-18-22-9-4-3-5-10-22)19-8-11-23-14-16-24(17-15-23)25-12-6-7-13-26(25)27(28,29)30/h3-5,9-10,14-17,21,25-26H,6-8,11-13,18-20H2,1-2H3. The summed E-state index contributed by atoms with van der Waals surface area (Å²) in [5.41, 5.74) is 3.44. The molecule has 31 heavy (non-hydrogen) atoms. The molecule has 0 aliphatic heterocycles. The second-order valence-corrected chi connectivity index (χ2v) is 9.25. The van der Waals surface area contributed by atoms with Gasteiger partial charge in [-0.1, -0.05) is 67.4 Å². The first-order valence-electron chi connectivity index (χ1n) is 11.8. The summed E-state index contributed by atoms with van der Waals surface area (Å²) in [5.74, 6) is -1.56. The van der Waals surface area contributed by atoms with Gasteiger partial charge in [0.05, 0.1) is 5.92 Å². The summed E-state index contributed by atoms with van der Waals surface area (Å²) >= 11 is 0. The lowest BCUT2D eigenvalue weighted by atomic mass is 9.75. The number of nitrogens with zero attached hydrogens (tertiary/aromatic N) is 1. The molecule has 4 heteroatoms. The van der Waals surface area contributed by atoms with Crippen molar-refractivity contribution >= 4 is 0 Å². The molecule has 0 aromatic heterocycles. The van der Waals surface area contributed by atoms with Crippen LogP contribution in [0.1, 0.15) is 68.6 Å². The molecular formula is C27H36F3N. The van der Waals surface area contributed by atoms with Crippen molar-refractivity contribution in [3.05, 3.63) is 71.3 Å². The fourth-order valence-corrected chi connectivity index (χ4v) is 4.88. The Bertz CT molecular complexity index is 767. The molecule has 1 aliphatic rings. The first-order chi connectivity index (χ1) is 14.8. The van der Waals surface area contributed by atoms with Crippen molar-refractivity contribution < 1.29 is 13.2 Å². The van der Waals surface area contributed by atoms with Crippen LogP contribution in [0.15, 0.2) is 54.6 Å². The lowest BCUT2D eigenvalue weighted by molar-refractivity contribution is -0.187. The zero-order valence-electron chi connectivity index (χ0n) is 18.9. The molecule has 0 saturated heterocycles. The van der Waals surface area contributed by atoms with Crippen LogP contribution in [-0.4, -0.2) is 30.2 Å². The molecule has 0 radical (unpaired) electrons. The third kappa shape index (κ3) is 7.10. The van der Waals surface area contributed by atoms with Crippen molar-refractivity contribution in [1.82, 2.24) is 4.90 Å². The van der Waals surface area contributed by atoms with Gasteiger partial charge in [-0.05, 0) is 75.1 Å². The molecular weight excluding hydrogens is 395 g/mol. The van der Waals surface area contributed by atoms with E-state index in [0.717, 1.165) is 44.3 Å². The molecule has 1 nitrogen and oxygen atoms in total. The average molecular weight is 432 g/mol. The summed E-state index contributed by atoms with van der Waals surface area (Å²) in [6, 6.07) is 19.0. The molecule has 0 spiro atoms. The predicted octanol–water partition coefficient (Wildman–Crippen LogP) is 7.41. The Morgan fingerprint density at radius 1 is 0.839 bits per heavy atom. The van der Waals surface area contributed by atoms with E-state index in [1.54, 1.807) is 0 Å². The maximum absolute atomic E-state index is 13.4. The highest BCUT2D eigenvalue weighted by Gasteiger charge is 2.45.